The van der Waals surface area contributed by atoms with E-state index < -0.39 is 0 Å². The zero-order chi connectivity index (χ0) is 16.9. The van der Waals surface area contributed by atoms with E-state index in [2.05, 4.69) is 15.6 Å². The van der Waals surface area contributed by atoms with Crippen molar-refractivity contribution in [2.45, 2.75) is 6.42 Å². The Morgan fingerprint density at radius 1 is 1.21 bits per heavy atom. The molecular formula is C17H14ClN3O2S. The summed E-state index contributed by atoms with van der Waals surface area (Å²) in [5.74, 6) is -0.363. The fourth-order valence-electron chi connectivity index (χ4n) is 2.25. The highest BCUT2D eigenvalue weighted by atomic mass is 35.5. The number of hydrogen-bond acceptors (Lipinski definition) is 4. The fraction of sp³-hybridized carbons (Fsp3) is 0.118. The highest BCUT2D eigenvalue weighted by Crippen LogP contribution is 2.27. The monoisotopic (exact) mass is 359 g/mol. The van der Waals surface area contributed by atoms with Crippen LogP contribution in [0.15, 0.2) is 47.3 Å². The third-order valence-corrected chi connectivity index (χ3v) is 4.40. The summed E-state index contributed by atoms with van der Waals surface area (Å²) < 4.78 is 0. The van der Waals surface area contributed by atoms with Crippen LogP contribution in [0.5, 0.6) is 0 Å². The third-order valence-electron chi connectivity index (χ3n) is 3.42. The molecule has 0 radical (unpaired) electrons. The van der Waals surface area contributed by atoms with Crippen molar-refractivity contribution in [3.05, 3.63) is 57.9 Å². The summed E-state index contributed by atoms with van der Waals surface area (Å²) in [4.78, 5) is 28.1. The zero-order valence-electron chi connectivity index (χ0n) is 12.6. The molecule has 2 aromatic heterocycles. The maximum atomic E-state index is 12.1. The van der Waals surface area contributed by atoms with Crippen LogP contribution in [0.3, 0.4) is 0 Å². The van der Waals surface area contributed by atoms with Crippen molar-refractivity contribution >= 4 is 51.3 Å². The van der Waals surface area contributed by atoms with Gasteiger partial charge in [-0.05, 0) is 35.7 Å². The van der Waals surface area contributed by atoms with E-state index in [-0.39, 0.29) is 24.8 Å². The number of aromatic nitrogens is 1. The summed E-state index contributed by atoms with van der Waals surface area (Å²) in [6.45, 7) is 0.268. The quantitative estimate of drug-likeness (QED) is 0.729. The maximum absolute atomic E-state index is 12.1. The SMILES string of the molecule is O=C(CCNC(=O)c1ccsc1)Nc1ccc(Cl)c2ncccc12. The molecule has 0 unspecified atom stereocenters. The number of benzene rings is 1. The molecule has 24 heavy (non-hydrogen) atoms. The second-order valence-corrected chi connectivity index (χ2v) is 6.25. The van der Waals surface area contributed by atoms with Crippen molar-refractivity contribution in [3.63, 3.8) is 0 Å². The van der Waals surface area contributed by atoms with Gasteiger partial charge in [0.25, 0.3) is 5.91 Å². The molecule has 3 rings (SSSR count). The van der Waals surface area contributed by atoms with Gasteiger partial charge in [0.15, 0.2) is 0 Å². The van der Waals surface area contributed by atoms with E-state index in [0.717, 1.165) is 5.39 Å². The first-order valence-corrected chi connectivity index (χ1v) is 8.61. The van der Waals surface area contributed by atoms with E-state index in [1.54, 1.807) is 35.8 Å². The molecule has 0 aliphatic rings. The number of amides is 2. The molecule has 0 aliphatic heterocycles. The highest BCUT2D eigenvalue weighted by Gasteiger charge is 2.10. The van der Waals surface area contributed by atoms with Gasteiger partial charge in [-0.2, -0.15) is 11.3 Å². The highest BCUT2D eigenvalue weighted by molar-refractivity contribution is 7.08. The Kier molecular flexibility index (Phi) is 5.08. The Morgan fingerprint density at radius 2 is 2.08 bits per heavy atom. The van der Waals surface area contributed by atoms with Gasteiger partial charge in [0.05, 0.1) is 16.2 Å². The molecule has 0 fully saturated rings. The van der Waals surface area contributed by atoms with E-state index in [1.165, 1.54) is 11.3 Å². The number of hydrogen-bond donors (Lipinski definition) is 2. The van der Waals surface area contributed by atoms with Crippen LogP contribution in [0.1, 0.15) is 16.8 Å². The van der Waals surface area contributed by atoms with Crippen LogP contribution < -0.4 is 10.6 Å². The predicted octanol–water partition coefficient (Wildman–Crippen LogP) is 3.71. The van der Waals surface area contributed by atoms with E-state index in [0.29, 0.717) is 21.8 Å². The zero-order valence-corrected chi connectivity index (χ0v) is 14.2. The molecule has 0 atom stereocenters. The lowest BCUT2D eigenvalue weighted by atomic mass is 10.1. The Hall–Kier alpha value is -2.44. The number of halogens is 1. The number of nitrogens with zero attached hydrogens (tertiary/aromatic N) is 1. The first kappa shape index (κ1) is 16.4. The van der Waals surface area contributed by atoms with Gasteiger partial charge >= 0.3 is 0 Å². The summed E-state index contributed by atoms with van der Waals surface area (Å²) in [5, 5.41) is 10.5. The summed E-state index contributed by atoms with van der Waals surface area (Å²) >= 11 is 7.57. The number of rotatable bonds is 5. The van der Waals surface area contributed by atoms with Crippen LogP contribution in [0.2, 0.25) is 5.02 Å². The van der Waals surface area contributed by atoms with E-state index in [1.807, 2.05) is 11.4 Å². The standard InChI is InChI=1S/C17H14ClN3O2S/c18-13-3-4-14(12-2-1-7-19-16(12)13)21-15(22)5-8-20-17(23)11-6-9-24-10-11/h1-4,6-7,9-10H,5,8H2,(H,20,23)(H,21,22). The summed E-state index contributed by atoms with van der Waals surface area (Å²) in [7, 11) is 0. The predicted molar refractivity (Wildman–Crippen MR) is 96.7 cm³/mol. The molecule has 0 saturated heterocycles. The van der Waals surface area contributed by atoms with Crippen molar-refractivity contribution in [2.75, 3.05) is 11.9 Å². The minimum atomic E-state index is -0.187. The molecule has 1 aromatic carbocycles. The number of pyridine rings is 1. The molecule has 2 amide bonds. The number of nitrogens with one attached hydrogen (secondary N) is 2. The molecule has 7 heteroatoms. The number of carbonyl (C=O) groups is 2. The van der Waals surface area contributed by atoms with Crippen LogP contribution in [-0.4, -0.2) is 23.3 Å². The topological polar surface area (TPSA) is 71.1 Å². The van der Waals surface area contributed by atoms with Gasteiger partial charge in [0.2, 0.25) is 5.91 Å². The minimum absolute atomic E-state index is 0.176. The van der Waals surface area contributed by atoms with Gasteiger partial charge in [0, 0.05) is 35.5 Å². The average Bonchev–Trinajstić information content (AvgIpc) is 3.12. The Balaban J connectivity index is 1.59. The van der Waals surface area contributed by atoms with Gasteiger partial charge in [-0.3, -0.25) is 14.6 Å². The van der Waals surface area contributed by atoms with Crippen molar-refractivity contribution in [1.82, 2.24) is 10.3 Å². The Bertz CT molecular complexity index is 881. The third kappa shape index (κ3) is 3.72. The van der Waals surface area contributed by atoms with Crippen LogP contribution in [0.4, 0.5) is 5.69 Å². The maximum Gasteiger partial charge on any atom is 0.252 e. The normalized spacial score (nSPS) is 10.5. The van der Waals surface area contributed by atoms with Crippen molar-refractivity contribution in [1.29, 1.82) is 0 Å². The molecule has 0 bridgehead atoms. The molecule has 0 spiro atoms. The smallest absolute Gasteiger partial charge is 0.252 e. The fourth-order valence-corrected chi connectivity index (χ4v) is 3.09. The van der Waals surface area contributed by atoms with Crippen molar-refractivity contribution < 1.29 is 9.59 Å². The molecule has 0 aliphatic carbocycles. The second kappa shape index (κ2) is 7.42. The van der Waals surface area contributed by atoms with E-state index in [9.17, 15) is 9.59 Å². The molecule has 3 aromatic rings. The molecule has 2 N–H and O–H groups in total. The van der Waals surface area contributed by atoms with E-state index >= 15 is 0 Å². The number of anilines is 1. The van der Waals surface area contributed by atoms with Crippen molar-refractivity contribution in [2.24, 2.45) is 0 Å². The van der Waals surface area contributed by atoms with Crippen LogP contribution in [0, 0.1) is 0 Å². The lowest BCUT2D eigenvalue weighted by Crippen LogP contribution is -2.27. The first-order valence-electron chi connectivity index (χ1n) is 7.28. The number of thiophene rings is 1. The molecule has 0 saturated carbocycles. The summed E-state index contributed by atoms with van der Waals surface area (Å²) in [6.07, 6.45) is 1.83. The molecule has 2 heterocycles. The van der Waals surface area contributed by atoms with Gasteiger partial charge < -0.3 is 10.6 Å². The summed E-state index contributed by atoms with van der Waals surface area (Å²) in [6, 6.07) is 8.82. The van der Waals surface area contributed by atoms with Crippen LogP contribution >= 0.6 is 22.9 Å². The number of carbonyl (C=O) groups excluding carboxylic acids is 2. The second-order valence-electron chi connectivity index (χ2n) is 5.06. The van der Waals surface area contributed by atoms with Crippen LogP contribution in [0.25, 0.3) is 10.9 Å². The summed E-state index contributed by atoms with van der Waals surface area (Å²) in [5.41, 5.74) is 1.90. The van der Waals surface area contributed by atoms with E-state index in [4.69, 9.17) is 11.6 Å². The first-order chi connectivity index (χ1) is 11.6. The number of fused-ring (bicyclic) bond motifs is 1. The largest absolute Gasteiger partial charge is 0.351 e. The minimum Gasteiger partial charge on any atom is -0.351 e. The van der Waals surface area contributed by atoms with Crippen LogP contribution in [-0.2, 0) is 4.79 Å². The Labute approximate surface area is 147 Å². The Morgan fingerprint density at radius 3 is 2.88 bits per heavy atom. The molecular weight excluding hydrogens is 346 g/mol. The van der Waals surface area contributed by atoms with Gasteiger partial charge in [-0.1, -0.05) is 11.6 Å². The molecule has 5 nitrogen and oxygen atoms in total. The molecule has 122 valence electrons. The van der Waals surface area contributed by atoms with Gasteiger partial charge in [0.1, 0.15) is 0 Å². The lowest BCUT2D eigenvalue weighted by molar-refractivity contribution is -0.116. The average molecular weight is 360 g/mol. The van der Waals surface area contributed by atoms with Gasteiger partial charge in [-0.25, -0.2) is 0 Å². The van der Waals surface area contributed by atoms with Gasteiger partial charge in [-0.15, -0.1) is 0 Å². The van der Waals surface area contributed by atoms with Crippen molar-refractivity contribution in [3.8, 4) is 0 Å². The lowest BCUT2D eigenvalue weighted by Gasteiger charge is -2.09.